The normalized spacial score (nSPS) is 11.9. The number of carbonyl (C=O) groups excluding carboxylic acids is 2. The molecule has 0 aliphatic heterocycles. The third kappa shape index (κ3) is 10.6. The lowest BCUT2D eigenvalue weighted by Crippen LogP contribution is -2.19. The Morgan fingerprint density at radius 2 is 1.74 bits per heavy atom. The van der Waals surface area contributed by atoms with Crippen LogP contribution in [0.4, 0.5) is 13.2 Å². The highest BCUT2D eigenvalue weighted by atomic mass is 19.3. The van der Waals surface area contributed by atoms with E-state index in [9.17, 15) is 22.8 Å². The standard InChI is InChI=1S/C22H27F3O6/c1-15(2)22(27)30-13-7-5-4-6-12-29-17-10-8-16(14-18(17)28-3)9-11-19(26)31-21(25)20(23)24/h8-11,14,20-21H,1,4-7,12-13H2,2-3H3/b11-9+. The number of alkyl halides is 3. The van der Waals surface area contributed by atoms with Crippen molar-refractivity contribution >= 4 is 18.0 Å². The average Bonchev–Trinajstić information content (AvgIpc) is 2.73. The molecule has 0 saturated carbocycles. The zero-order valence-electron chi connectivity index (χ0n) is 17.6. The Bertz CT molecular complexity index is 764. The fraction of sp³-hybridized carbons (Fsp3) is 0.455. The van der Waals surface area contributed by atoms with Crippen molar-refractivity contribution in [3.05, 3.63) is 42.0 Å². The van der Waals surface area contributed by atoms with Crippen molar-refractivity contribution < 1.29 is 41.7 Å². The van der Waals surface area contributed by atoms with Crippen LogP contribution in [0.25, 0.3) is 6.08 Å². The van der Waals surface area contributed by atoms with Gasteiger partial charge in [-0.3, -0.25) is 0 Å². The molecule has 1 rings (SSSR count). The molecule has 0 bridgehead atoms. The molecule has 0 N–H and O–H groups in total. The number of rotatable bonds is 14. The van der Waals surface area contributed by atoms with Crippen molar-refractivity contribution in [2.24, 2.45) is 0 Å². The summed E-state index contributed by atoms with van der Waals surface area (Å²) in [5.41, 5.74) is 0.891. The number of hydrogen-bond acceptors (Lipinski definition) is 6. The van der Waals surface area contributed by atoms with E-state index >= 15 is 0 Å². The maximum absolute atomic E-state index is 12.7. The second kappa shape index (κ2) is 14.1. The topological polar surface area (TPSA) is 71.1 Å². The highest BCUT2D eigenvalue weighted by Crippen LogP contribution is 2.29. The van der Waals surface area contributed by atoms with E-state index in [1.165, 1.54) is 13.2 Å². The largest absolute Gasteiger partial charge is 0.493 e. The molecule has 6 nitrogen and oxygen atoms in total. The average molecular weight is 444 g/mol. The van der Waals surface area contributed by atoms with Crippen LogP contribution in [-0.2, 0) is 19.1 Å². The Balaban J connectivity index is 2.39. The molecular formula is C22H27F3O6. The molecule has 0 radical (unpaired) electrons. The first-order valence-corrected chi connectivity index (χ1v) is 9.69. The van der Waals surface area contributed by atoms with Crippen molar-refractivity contribution in [3.8, 4) is 11.5 Å². The van der Waals surface area contributed by atoms with Gasteiger partial charge >= 0.3 is 24.7 Å². The molecule has 9 heteroatoms. The summed E-state index contributed by atoms with van der Waals surface area (Å²) in [6.45, 7) is 5.92. The fourth-order valence-electron chi connectivity index (χ4n) is 2.30. The lowest BCUT2D eigenvalue weighted by molar-refractivity contribution is -0.168. The van der Waals surface area contributed by atoms with Gasteiger partial charge in [0, 0.05) is 11.6 Å². The zero-order chi connectivity index (χ0) is 23.2. The Hall–Kier alpha value is -2.97. The molecule has 0 aromatic heterocycles. The molecule has 0 spiro atoms. The van der Waals surface area contributed by atoms with Gasteiger partial charge in [-0.25, -0.2) is 18.4 Å². The van der Waals surface area contributed by atoms with E-state index in [0.717, 1.165) is 31.8 Å². The predicted molar refractivity (Wildman–Crippen MR) is 109 cm³/mol. The van der Waals surface area contributed by atoms with Crippen molar-refractivity contribution in [2.75, 3.05) is 20.3 Å². The maximum atomic E-state index is 12.7. The number of benzene rings is 1. The highest BCUT2D eigenvalue weighted by molar-refractivity contribution is 5.87. The summed E-state index contributed by atoms with van der Waals surface area (Å²) in [6.07, 6.45) is -0.905. The van der Waals surface area contributed by atoms with Crippen LogP contribution in [0.5, 0.6) is 11.5 Å². The van der Waals surface area contributed by atoms with Gasteiger partial charge in [0.15, 0.2) is 11.5 Å². The van der Waals surface area contributed by atoms with Gasteiger partial charge < -0.3 is 18.9 Å². The summed E-state index contributed by atoms with van der Waals surface area (Å²) in [6, 6.07) is 4.84. The molecule has 172 valence electrons. The maximum Gasteiger partial charge on any atom is 0.333 e. The molecule has 1 unspecified atom stereocenters. The minimum absolute atomic E-state index is 0.358. The zero-order valence-corrected chi connectivity index (χ0v) is 17.6. The molecule has 1 aromatic carbocycles. The second-order valence-corrected chi connectivity index (χ2v) is 6.55. The van der Waals surface area contributed by atoms with E-state index in [1.54, 1.807) is 25.1 Å². The molecule has 0 saturated heterocycles. The van der Waals surface area contributed by atoms with E-state index in [-0.39, 0.29) is 5.97 Å². The van der Waals surface area contributed by atoms with Crippen LogP contribution in [0.15, 0.2) is 36.4 Å². The fourth-order valence-corrected chi connectivity index (χ4v) is 2.30. The lowest BCUT2D eigenvalue weighted by atomic mass is 10.2. The predicted octanol–water partition coefficient (Wildman–Crippen LogP) is 4.87. The molecule has 0 amide bonds. The molecule has 1 atom stereocenters. The Kier molecular flexibility index (Phi) is 11.9. The van der Waals surface area contributed by atoms with Gasteiger partial charge in [0.2, 0.25) is 0 Å². The van der Waals surface area contributed by atoms with E-state index in [4.69, 9.17) is 14.2 Å². The van der Waals surface area contributed by atoms with Crippen LogP contribution in [0.1, 0.15) is 38.2 Å². The number of unbranched alkanes of at least 4 members (excludes halogenated alkanes) is 3. The minimum Gasteiger partial charge on any atom is -0.493 e. The molecular weight excluding hydrogens is 417 g/mol. The summed E-state index contributed by atoms with van der Waals surface area (Å²) >= 11 is 0. The van der Waals surface area contributed by atoms with Crippen LogP contribution in [0.2, 0.25) is 0 Å². The number of methoxy groups -OCH3 is 1. The molecule has 0 heterocycles. The van der Waals surface area contributed by atoms with Crippen LogP contribution in [0.3, 0.4) is 0 Å². The quantitative estimate of drug-likeness (QED) is 0.232. The van der Waals surface area contributed by atoms with Crippen molar-refractivity contribution in [2.45, 2.75) is 45.4 Å². The molecule has 31 heavy (non-hydrogen) atoms. The summed E-state index contributed by atoms with van der Waals surface area (Å²) in [5.74, 6) is -0.691. The smallest absolute Gasteiger partial charge is 0.333 e. The van der Waals surface area contributed by atoms with E-state index in [0.29, 0.717) is 35.8 Å². The lowest BCUT2D eigenvalue weighted by Gasteiger charge is -2.11. The van der Waals surface area contributed by atoms with Gasteiger partial charge in [-0.2, -0.15) is 4.39 Å². The number of esters is 2. The second-order valence-electron chi connectivity index (χ2n) is 6.55. The van der Waals surface area contributed by atoms with Crippen LogP contribution in [-0.4, -0.2) is 45.0 Å². The van der Waals surface area contributed by atoms with Gasteiger partial charge in [0.25, 0.3) is 0 Å². The summed E-state index contributed by atoms with van der Waals surface area (Å²) in [7, 11) is 1.45. The summed E-state index contributed by atoms with van der Waals surface area (Å²) in [4.78, 5) is 22.6. The number of halogens is 3. The van der Waals surface area contributed by atoms with Crippen molar-refractivity contribution in [3.63, 3.8) is 0 Å². The Morgan fingerprint density at radius 3 is 2.35 bits per heavy atom. The van der Waals surface area contributed by atoms with Crippen molar-refractivity contribution in [1.29, 1.82) is 0 Å². The number of carbonyl (C=O) groups is 2. The molecule has 0 fully saturated rings. The third-order valence-corrected chi connectivity index (χ3v) is 3.90. The molecule has 0 aliphatic rings. The SMILES string of the molecule is C=C(C)C(=O)OCCCCCCOc1ccc(/C=C/C(=O)OC(F)C(F)F)cc1OC. The number of hydrogen-bond donors (Lipinski definition) is 0. The Labute approximate surface area is 179 Å². The van der Waals surface area contributed by atoms with Crippen LogP contribution < -0.4 is 9.47 Å². The molecule has 0 aliphatic carbocycles. The van der Waals surface area contributed by atoms with Gasteiger partial charge in [-0.1, -0.05) is 12.6 Å². The van der Waals surface area contributed by atoms with Gasteiger partial charge in [0.1, 0.15) is 0 Å². The molecule has 1 aromatic rings. The number of ether oxygens (including phenoxy) is 4. The van der Waals surface area contributed by atoms with Gasteiger partial charge in [-0.05, 0) is 56.4 Å². The first kappa shape index (κ1) is 26.1. The monoisotopic (exact) mass is 444 g/mol. The highest BCUT2D eigenvalue weighted by Gasteiger charge is 2.22. The van der Waals surface area contributed by atoms with E-state index < -0.39 is 18.8 Å². The van der Waals surface area contributed by atoms with Gasteiger partial charge in [0.05, 0.1) is 20.3 Å². The summed E-state index contributed by atoms with van der Waals surface area (Å²) in [5, 5.41) is 0. The Morgan fingerprint density at radius 1 is 1.06 bits per heavy atom. The minimum atomic E-state index is -3.40. The van der Waals surface area contributed by atoms with Crippen LogP contribution >= 0.6 is 0 Å². The van der Waals surface area contributed by atoms with E-state index in [2.05, 4.69) is 11.3 Å². The van der Waals surface area contributed by atoms with Crippen molar-refractivity contribution in [1.82, 2.24) is 0 Å². The van der Waals surface area contributed by atoms with Gasteiger partial charge in [-0.15, -0.1) is 0 Å². The summed E-state index contributed by atoms with van der Waals surface area (Å²) < 4.78 is 56.6. The van der Waals surface area contributed by atoms with E-state index in [1.807, 2.05) is 0 Å². The first-order chi connectivity index (χ1) is 14.7. The van der Waals surface area contributed by atoms with Crippen LogP contribution in [0, 0.1) is 0 Å². The third-order valence-electron chi connectivity index (χ3n) is 3.90. The first-order valence-electron chi connectivity index (χ1n) is 9.69.